The summed E-state index contributed by atoms with van der Waals surface area (Å²) in [4.78, 5) is 2.30. The first-order chi connectivity index (χ1) is 7.11. The van der Waals surface area contributed by atoms with Gasteiger partial charge in [-0.25, -0.2) is 0 Å². The van der Waals surface area contributed by atoms with Gasteiger partial charge in [-0.05, 0) is 40.3 Å². The molecular weight excluding hydrogens is 201 g/mol. The van der Waals surface area contributed by atoms with Crippen LogP contribution in [0.1, 0.15) is 13.3 Å². The van der Waals surface area contributed by atoms with Crippen LogP contribution in [-0.4, -0.2) is 70.0 Å². The molecule has 1 atom stereocenters. The molecule has 0 amide bonds. The highest BCUT2D eigenvalue weighted by Crippen LogP contribution is 2.12. The minimum atomic E-state index is -0.638. The van der Waals surface area contributed by atoms with Crippen LogP contribution in [-0.2, 0) is 0 Å². The molecule has 0 aromatic heterocycles. The van der Waals surface area contributed by atoms with Crippen LogP contribution in [0, 0.1) is 0 Å². The number of hydrogen-bond donors (Lipinski definition) is 1. The van der Waals surface area contributed by atoms with E-state index in [-0.39, 0.29) is 0 Å². The van der Waals surface area contributed by atoms with Crippen LogP contribution < -0.4 is 5.32 Å². The van der Waals surface area contributed by atoms with Crippen molar-refractivity contribution in [3.63, 3.8) is 0 Å². The monoisotopic (exact) mass is 227 g/mol. The summed E-state index contributed by atoms with van der Waals surface area (Å²) in [5, 5.41) is 6.45. The predicted molar refractivity (Wildman–Crippen MR) is 68.6 cm³/mol. The van der Waals surface area contributed by atoms with Crippen LogP contribution in [0.15, 0.2) is 0 Å². The van der Waals surface area contributed by atoms with Crippen LogP contribution in [0.25, 0.3) is 0 Å². The molecule has 1 saturated heterocycles. The van der Waals surface area contributed by atoms with E-state index in [2.05, 4.69) is 42.2 Å². The molecule has 88 valence electrons. The Morgan fingerprint density at radius 3 is 2.87 bits per heavy atom. The van der Waals surface area contributed by atoms with Crippen molar-refractivity contribution in [1.82, 2.24) is 14.1 Å². The van der Waals surface area contributed by atoms with E-state index in [1.54, 1.807) is 0 Å². The van der Waals surface area contributed by atoms with Crippen molar-refractivity contribution in [2.45, 2.75) is 30.0 Å². The zero-order valence-corrected chi connectivity index (χ0v) is 11.9. The Hall–Kier alpha value is 0.412. The fraction of sp³-hybridized carbons (Fsp3) is 1.00. The normalized spacial score (nSPS) is 24.6. The zero-order chi connectivity index (χ0) is 11.3. The van der Waals surface area contributed by atoms with E-state index < -0.39 is 14.4 Å². The van der Waals surface area contributed by atoms with Crippen molar-refractivity contribution in [3.8, 4) is 0 Å². The number of rotatable bonds is 4. The van der Waals surface area contributed by atoms with E-state index >= 15 is 0 Å². The third kappa shape index (κ3) is 4.84. The zero-order valence-electron chi connectivity index (χ0n) is 10.8. The second kappa shape index (κ2) is 6.88. The minimum absolute atomic E-state index is 0.638. The highest BCUT2D eigenvalue weighted by Gasteiger charge is 2.28. The van der Waals surface area contributed by atoms with Crippen molar-refractivity contribution in [2.75, 3.05) is 40.8 Å². The summed E-state index contributed by atoms with van der Waals surface area (Å²) in [5.41, 5.74) is 0. The Balaban J connectivity index is 2.31. The Bertz CT molecular complexity index is 175. The first-order valence-corrected chi connectivity index (χ1v) is 8.33. The molecule has 3 nitrogen and oxygen atoms in total. The largest absolute Gasteiger partial charge is 0.384 e. The van der Waals surface area contributed by atoms with E-state index in [0.29, 0.717) is 0 Å². The molecule has 0 bridgehead atoms. The van der Waals surface area contributed by atoms with Gasteiger partial charge in [0.05, 0.1) is 0 Å². The number of hydrogen-bond acceptors (Lipinski definition) is 3. The van der Waals surface area contributed by atoms with Gasteiger partial charge in [-0.15, -0.1) is 0 Å². The lowest BCUT2D eigenvalue weighted by atomic mass is 10.3. The van der Waals surface area contributed by atoms with Crippen molar-refractivity contribution in [3.05, 3.63) is 0 Å². The number of likely N-dealkylation sites (N-methyl/N-ethyl adjacent to an activating group) is 1. The molecular formula is C11H26AlN3. The molecule has 1 aliphatic heterocycles. The molecule has 1 N–H and O–H groups in total. The summed E-state index contributed by atoms with van der Waals surface area (Å²) in [6, 6.07) is 0.739. The molecule has 0 spiro atoms. The van der Waals surface area contributed by atoms with E-state index in [1.165, 1.54) is 36.6 Å². The van der Waals surface area contributed by atoms with E-state index in [0.717, 1.165) is 6.04 Å². The van der Waals surface area contributed by atoms with E-state index in [1.807, 2.05) is 0 Å². The van der Waals surface area contributed by atoms with Gasteiger partial charge in [-0.2, -0.15) is 0 Å². The fourth-order valence-electron chi connectivity index (χ4n) is 2.28. The van der Waals surface area contributed by atoms with Crippen LogP contribution in [0.4, 0.5) is 0 Å². The lowest BCUT2D eigenvalue weighted by Gasteiger charge is -2.27. The fourth-order valence-corrected chi connectivity index (χ4v) is 5.40. The number of nitrogens with one attached hydrogen (secondary N) is 1. The molecule has 1 rings (SSSR count). The summed E-state index contributed by atoms with van der Waals surface area (Å²) >= 11 is -0.638. The van der Waals surface area contributed by atoms with Crippen molar-refractivity contribution in [1.29, 1.82) is 0 Å². The maximum Gasteiger partial charge on any atom is 0.374 e. The molecule has 0 saturated carbocycles. The molecule has 0 radical (unpaired) electrons. The highest BCUT2D eigenvalue weighted by molar-refractivity contribution is 6.55. The van der Waals surface area contributed by atoms with E-state index in [9.17, 15) is 0 Å². The molecule has 15 heavy (non-hydrogen) atoms. The van der Waals surface area contributed by atoms with Gasteiger partial charge in [0.25, 0.3) is 0 Å². The summed E-state index contributed by atoms with van der Waals surface area (Å²) < 4.78 is 2.69. The maximum absolute atomic E-state index is 3.54. The van der Waals surface area contributed by atoms with Crippen LogP contribution in [0.2, 0.25) is 10.6 Å². The molecule has 0 aliphatic carbocycles. The quantitative estimate of drug-likeness (QED) is 0.718. The minimum Gasteiger partial charge on any atom is -0.384 e. The average molecular weight is 227 g/mol. The molecule has 0 aromatic carbocycles. The second-order valence-corrected chi connectivity index (χ2v) is 8.38. The Labute approximate surface area is 99.4 Å². The van der Waals surface area contributed by atoms with Crippen LogP contribution in [0.3, 0.4) is 0 Å². The smallest absolute Gasteiger partial charge is 0.374 e. The SMILES string of the molecule is CC1CNC[CH2][Al]([CH2]CCN(C)C)[N]1C. The van der Waals surface area contributed by atoms with Crippen molar-refractivity contribution >= 4 is 14.4 Å². The lowest BCUT2D eigenvalue weighted by Crippen LogP contribution is -2.43. The molecule has 1 heterocycles. The Morgan fingerprint density at radius 1 is 1.47 bits per heavy atom. The molecule has 0 aromatic rings. The van der Waals surface area contributed by atoms with Gasteiger partial charge >= 0.3 is 14.4 Å². The van der Waals surface area contributed by atoms with Crippen LogP contribution >= 0.6 is 0 Å². The Morgan fingerprint density at radius 2 is 2.20 bits per heavy atom. The average Bonchev–Trinajstić information content (AvgIpc) is 2.32. The molecule has 1 fully saturated rings. The second-order valence-electron chi connectivity index (χ2n) is 5.11. The van der Waals surface area contributed by atoms with Gasteiger partial charge in [0.2, 0.25) is 0 Å². The molecule has 1 unspecified atom stereocenters. The third-order valence-corrected chi connectivity index (χ3v) is 7.20. The van der Waals surface area contributed by atoms with Crippen molar-refractivity contribution < 1.29 is 0 Å². The lowest BCUT2D eigenvalue weighted by molar-refractivity contribution is 0.387. The van der Waals surface area contributed by atoms with Gasteiger partial charge < -0.3 is 14.1 Å². The summed E-state index contributed by atoms with van der Waals surface area (Å²) in [5.74, 6) is 0. The van der Waals surface area contributed by atoms with Gasteiger partial charge in [0, 0.05) is 6.54 Å². The van der Waals surface area contributed by atoms with Gasteiger partial charge in [-0.1, -0.05) is 23.9 Å². The van der Waals surface area contributed by atoms with E-state index in [4.69, 9.17) is 0 Å². The first-order valence-electron chi connectivity index (χ1n) is 6.18. The predicted octanol–water partition coefficient (Wildman–Crippen LogP) is 0.853. The topological polar surface area (TPSA) is 18.5 Å². The summed E-state index contributed by atoms with van der Waals surface area (Å²) in [6.07, 6.45) is 1.38. The van der Waals surface area contributed by atoms with Crippen molar-refractivity contribution in [2.24, 2.45) is 0 Å². The highest BCUT2D eigenvalue weighted by atomic mass is 27.2. The number of nitrogens with zero attached hydrogens (tertiary/aromatic N) is 2. The maximum atomic E-state index is 3.54. The van der Waals surface area contributed by atoms with Gasteiger partial charge in [0.15, 0.2) is 0 Å². The molecule has 1 aliphatic rings. The standard InChI is InChI=1S/C6H14N2.C5H12N.Al/c1-4-8-5-6(2)7-3;1-4-5-6(2)3;/h6,8H,1,4-5H2,2-3H3;1,4-5H2,2-3H3;/q-1;;+1. The Kier molecular flexibility index (Phi) is 6.18. The molecule has 4 heteroatoms. The van der Waals surface area contributed by atoms with Gasteiger partial charge in [0.1, 0.15) is 0 Å². The summed E-state index contributed by atoms with van der Waals surface area (Å²) in [7, 11) is 6.68. The third-order valence-electron chi connectivity index (χ3n) is 3.51. The van der Waals surface area contributed by atoms with Crippen LogP contribution in [0.5, 0.6) is 0 Å². The van der Waals surface area contributed by atoms with Gasteiger partial charge in [-0.3, -0.25) is 0 Å². The first kappa shape index (κ1) is 13.5. The summed E-state index contributed by atoms with van der Waals surface area (Å²) in [6.45, 7) is 6.02.